The molecule has 0 unspecified atom stereocenters. The number of hydrogen-bond donors (Lipinski definition) is 2. The van der Waals surface area contributed by atoms with Gasteiger partial charge < -0.3 is 11.1 Å². The van der Waals surface area contributed by atoms with Crippen LogP contribution in [0.3, 0.4) is 0 Å². The molecule has 108 valence electrons. The first kappa shape index (κ1) is 14.2. The molecule has 3 N–H and O–H groups in total. The SMILES string of the molecule is Cc1nn(C)c(C)c1CNC(=O)c1cn(CCN)nn1. The molecule has 0 aliphatic carbocycles. The molecule has 2 rings (SSSR count). The predicted octanol–water partition coefficient (Wildman–Crippen LogP) is -0.483. The molecule has 0 aliphatic rings. The summed E-state index contributed by atoms with van der Waals surface area (Å²) in [4.78, 5) is 12.0. The van der Waals surface area contributed by atoms with E-state index in [0.717, 1.165) is 17.0 Å². The van der Waals surface area contributed by atoms with Crippen LogP contribution >= 0.6 is 0 Å². The Kier molecular flexibility index (Phi) is 4.14. The molecule has 2 aromatic rings. The van der Waals surface area contributed by atoms with Gasteiger partial charge in [0.05, 0.1) is 18.4 Å². The highest BCUT2D eigenvalue weighted by Crippen LogP contribution is 2.11. The summed E-state index contributed by atoms with van der Waals surface area (Å²) in [6, 6.07) is 0. The number of hydrogen-bond acceptors (Lipinski definition) is 5. The van der Waals surface area contributed by atoms with E-state index in [9.17, 15) is 4.79 Å². The summed E-state index contributed by atoms with van der Waals surface area (Å²) >= 11 is 0. The number of carbonyl (C=O) groups is 1. The van der Waals surface area contributed by atoms with Crippen LogP contribution in [0.1, 0.15) is 27.4 Å². The molecule has 0 bridgehead atoms. The Labute approximate surface area is 116 Å². The van der Waals surface area contributed by atoms with E-state index in [-0.39, 0.29) is 11.6 Å². The summed E-state index contributed by atoms with van der Waals surface area (Å²) in [6.45, 7) is 5.32. The van der Waals surface area contributed by atoms with Gasteiger partial charge in [-0.2, -0.15) is 5.10 Å². The molecule has 2 aromatic heterocycles. The summed E-state index contributed by atoms with van der Waals surface area (Å²) in [5, 5.41) is 14.8. The van der Waals surface area contributed by atoms with Gasteiger partial charge in [0.1, 0.15) is 0 Å². The Morgan fingerprint density at radius 1 is 1.45 bits per heavy atom. The van der Waals surface area contributed by atoms with Crippen LogP contribution in [0.15, 0.2) is 6.20 Å². The van der Waals surface area contributed by atoms with Gasteiger partial charge in [-0.1, -0.05) is 5.21 Å². The van der Waals surface area contributed by atoms with Crippen LogP contribution in [0.2, 0.25) is 0 Å². The Hall–Kier alpha value is -2.22. The van der Waals surface area contributed by atoms with Gasteiger partial charge in [-0.05, 0) is 13.8 Å². The molecule has 0 atom stereocenters. The van der Waals surface area contributed by atoms with E-state index in [1.54, 1.807) is 15.6 Å². The minimum absolute atomic E-state index is 0.254. The van der Waals surface area contributed by atoms with Crippen molar-refractivity contribution in [2.24, 2.45) is 12.8 Å². The predicted molar refractivity (Wildman–Crippen MR) is 72.9 cm³/mol. The lowest BCUT2D eigenvalue weighted by Crippen LogP contribution is -2.23. The maximum Gasteiger partial charge on any atom is 0.273 e. The highest BCUT2D eigenvalue weighted by atomic mass is 16.2. The molecule has 2 heterocycles. The fraction of sp³-hybridized carbons (Fsp3) is 0.500. The van der Waals surface area contributed by atoms with Crippen molar-refractivity contribution in [2.45, 2.75) is 26.9 Å². The summed E-state index contributed by atoms with van der Waals surface area (Å²) in [7, 11) is 1.88. The zero-order valence-electron chi connectivity index (χ0n) is 11.9. The molecule has 0 spiro atoms. The monoisotopic (exact) mass is 277 g/mol. The standard InChI is InChI=1S/C12H19N7O/c1-8-10(9(2)18(3)16-8)6-14-12(20)11-7-19(5-4-13)17-15-11/h7H,4-6,13H2,1-3H3,(H,14,20). The molecule has 20 heavy (non-hydrogen) atoms. The molecular weight excluding hydrogens is 258 g/mol. The normalized spacial score (nSPS) is 10.8. The van der Waals surface area contributed by atoms with Gasteiger partial charge in [0.2, 0.25) is 0 Å². The molecule has 8 heteroatoms. The zero-order chi connectivity index (χ0) is 14.7. The lowest BCUT2D eigenvalue weighted by atomic mass is 10.2. The molecule has 1 amide bonds. The van der Waals surface area contributed by atoms with Crippen molar-refractivity contribution in [3.63, 3.8) is 0 Å². The van der Waals surface area contributed by atoms with E-state index in [4.69, 9.17) is 5.73 Å². The third-order valence-electron chi connectivity index (χ3n) is 3.21. The summed E-state index contributed by atoms with van der Waals surface area (Å²) in [5.74, 6) is -0.254. The summed E-state index contributed by atoms with van der Waals surface area (Å²) in [5.41, 5.74) is 8.68. The van der Waals surface area contributed by atoms with Crippen molar-refractivity contribution in [3.8, 4) is 0 Å². The zero-order valence-corrected chi connectivity index (χ0v) is 11.9. The molecule has 0 saturated heterocycles. The summed E-state index contributed by atoms with van der Waals surface area (Å²) in [6.07, 6.45) is 1.59. The smallest absolute Gasteiger partial charge is 0.273 e. The average molecular weight is 277 g/mol. The fourth-order valence-electron chi connectivity index (χ4n) is 1.98. The topological polar surface area (TPSA) is 104 Å². The second kappa shape index (κ2) is 5.83. The Morgan fingerprint density at radius 3 is 2.80 bits per heavy atom. The van der Waals surface area contributed by atoms with Crippen molar-refractivity contribution in [1.82, 2.24) is 30.1 Å². The van der Waals surface area contributed by atoms with Gasteiger partial charge in [0.15, 0.2) is 5.69 Å². The Balaban J connectivity index is 2.01. The van der Waals surface area contributed by atoms with E-state index >= 15 is 0 Å². The van der Waals surface area contributed by atoms with E-state index < -0.39 is 0 Å². The first-order chi connectivity index (χ1) is 9.52. The maximum absolute atomic E-state index is 12.0. The number of nitrogens with one attached hydrogen (secondary N) is 1. The van der Waals surface area contributed by atoms with Crippen molar-refractivity contribution in [1.29, 1.82) is 0 Å². The van der Waals surface area contributed by atoms with Crippen LogP contribution in [0.25, 0.3) is 0 Å². The fourth-order valence-corrected chi connectivity index (χ4v) is 1.98. The number of nitrogens with two attached hydrogens (primary N) is 1. The third kappa shape index (κ3) is 2.85. The van der Waals surface area contributed by atoms with Crippen LogP contribution in [-0.4, -0.2) is 37.2 Å². The highest BCUT2D eigenvalue weighted by Gasteiger charge is 2.13. The van der Waals surface area contributed by atoms with Crippen LogP contribution in [0, 0.1) is 13.8 Å². The minimum Gasteiger partial charge on any atom is -0.346 e. The second-order valence-electron chi connectivity index (χ2n) is 4.61. The number of aromatic nitrogens is 5. The first-order valence-electron chi connectivity index (χ1n) is 6.40. The second-order valence-corrected chi connectivity index (χ2v) is 4.61. The van der Waals surface area contributed by atoms with Crippen LogP contribution in [0.4, 0.5) is 0 Å². The molecule has 0 radical (unpaired) electrons. The van der Waals surface area contributed by atoms with E-state index in [0.29, 0.717) is 19.6 Å². The van der Waals surface area contributed by atoms with Crippen LogP contribution < -0.4 is 11.1 Å². The van der Waals surface area contributed by atoms with Crippen LogP contribution in [0.5, 0.6) is 0 Å². The number of amides is 1. The number of carbonyl (C=O) groups excluding carboxylic acids is 1. The minimum atomic E-state index is -0.254. The molecule has 8 nitrogen and oxygen atoms in total. The molecular formula is C12H19N7O. The van der Waals surface area contributed by atoms with Gasteiger partial charge in [0, 0.05) is 31.4 Å². The first-order valence-corrected chi connectivity index (χ1v) is 6.40. The number of aryl methyl sites for hydroxylation is 2. The Bertz CT molecular complexity index is 613. The molecule has 0 aliphatic heterocycles. The average Bonchev–Trinajstić information content (AvgIpc) is 2.95. The lowest BCUT2D eigenvalue weighted by Gasteiger charge is -2.03. The van der Waals surface area contributed by atoms with E-state index in [1.807, 2.05) is 20.9 Å². The number of nitrogens with zero attached hydrogens (tertiary/aromatic N) is 5. The molecule has 0 aromatic carbocycles. The van der Waals surface area contributed by atoms with Crippen molar-refractivity contribution in [3.05, 3.63) is 28.8 Å². The maximum atomic E-state index is 12.0. The van der Waals surface area contributed by atoms with Gasteiger partial charge in [-0.25, -0.2) is 0 Å². The van der Waals surface area contributed by atoms with Gasteiger partial charge in [-0.3, -0.25) is 14.2 Å². The summed E-state index contributed by atoms with van der Waals surface area (Å²) < 4.78 is 3.35. The highest BCUT2D eigenvalue weighted by molar-refractivity contribution is 5.91. The van der Waals surface area contributed by atoms with Gasteiger partial charge >= 0.3 is 0 Å². The lowest BCUT2D eigenvalue weighted by molar-refractivity contribution is 0.0945. The van der Waals surface area contributed by atoms with E-state index in [1.165, 1.54) is 0 Å². The number of rotatable bonds is 5. The van der Waals surface area contributed by atoms with Crippen LogP contribution in [-0.2, 0) is 20.1 Å². The quantitative estimate of drug-likeness (QED) is 0.768. The third-order valence-corrected chi connectivity index (χ3v) is 3.21. The van der Waals surface area contributed by atoms with Crippen molar-refractivity contribution < 1.29 is 4.79 Å². The molecule has 0 saturated carbocycles. The Morgan fingerprint density at radius 2 is 2.20 bits per heavy atom. The largest absolute Gasteiger partial charge is 0.346 e. The van der Waals surface area contributed by atoms with E-state index in [2.05, 4.69) is 20.7 Å². The molecule has 0 fully saturated rings. The van der Waals surface area contributed by atoms with Crippen molar-refractivity contribution in [2.75, 3.05) is 6.54 Å². The van der Waals surface area contributed by atoms with Gasteiger partial charge in [0.25, 0.3) is 5.91 Å². The van der Waals surface area contributed by atoms with Gasteiger partial charge in [-0.15, -0.1) is 5.10 Å². The van der Waals surface area contributed by atoms with Crippen molar-refractivity contribution >= 4 is 5.91 Å².